The summed E-state index contributed by atoms with van der Waals surface area (Å²) in [4.78, 5) is 9.90. The quantitative estimate of drug-likeness (QED) is 0.253. The lowest BCUT2D eigenvalue weighted by Crippen LogP contribution is -1.98. The summed E-state index contributed by atoms with van der Waals surface area (Å²) in [5, 5.41) is 2.07. The number of hydrogen-bond donors (Lipinski definition) is 0. The van der Waals surface area contributed by atoms with Crippen molar-refractivity contribution in [2.45, 2.75) is 19.8 Å². The van der Waals surface area contributed by atoms with Crippen LogP contribution in [0.25, 0.3) is 61.3 Å². The third-order valence-electron chi connectivity index (χ3n) is 7.01. The molecule has 0 amide bonds. The topological polar surface area (TPSA) is 43.9 Å². The predicted octanol–water partition coefficient (Wildman–Crippen LogP) is 8.78. The Kier molecular flexibility index (Phi) is 4.93. The van der Waals surface area contributed by atoms with Gasteiger partial charge in [-0.05, 0) is 59.5 Å². The molecule has 4 heteroatoms. The Balaban J connectivity index is 1.45. The molecule has 0 bridgehead atoms. The monoisotopic (exact) mass is 479 g/mol. The second kappa shape index (κ2) is 8.45. The number of pyridine rings is 1. The smallest absolute Gasteiger partial charge is 0.227 e. The third-order valence-corrected chi connectivity index (χ3v) is 7.01. The molecule has 0 spiro atoms. The minimum Gasteiger partial charge on any atom is -0.437 e. The van der Waals surface area contributed by atoms with Gasteiger partial charge in [-0.1, -0.05) is 80.6 Å². The second-order valence-corrected chi connectivity index (χ2v) is 9.70. The lowest BCUT2D eigenvalue weighted by Gasteiger charge is -2.11. The molecule has 0 fully saturated rings. The van der Waals surface area contributed by atoms with E-state index in [1.165, 1.54) is 11.1 Å². The van der Waals surface area contributed by atoms with E-state index in [2.05, 4.69) is 115 Å². The van der Waals surface area contributed by atoms with E-state index in [1.54, 1.807) is 0 Å². The van der Waals surface area contributed by atoms with E-state index < -0.39 is 0 Å². The zero-order valence-electron chi connectivity index (χ0n) is 20.7. The Bertz CT molecular complexity index is 1890. The van der Waals surface area contributed by atoms with Gasteiger partial charge in [0.15, 0.2) is 0 Å². The number of fused-ring (bicyclic) bond motifs is 4. The van der Waals surface area contributed by atoms with Gasteiger partial charge in [0.1, 0.15) is 11.4 Å². The normalized spacial score (nSPS) is 11.8. The molecular weight excluding hydrogens is 454 g/mol. The van der Waals surface area contributed by atoms with Crippen LogP contribution in [-0.2, 0) is 0 Å². The molecule has 0 aliphatic rings. The van der Waals surface area contributed by atoms with Crippen LogP contribution < -0.4 is 0 Å². The SMILES string of the molecule is CC(C)c1ccc2c(n1)oc1c(-c3nc4ccccc4n3-c3ccc(-c4ccccc4)cc3)cccc12. The van der Waals surface area contributed by atoms with Gasteiger partial charge in [-0.2, -0.15) is 0 Å². The second-order valence-electron chi connectivity index (χ2n) is 9.70. The number of hydrogen-bond acceptors (Lipinski definition) is 3. The highest BCUT2D eigenvalue weighted by atomic mass is 16.3. The fourth-order valence-electron chi connectivity index (χ4n) is 5.09. The van der Waals surface area contributed by atoms with E-state index in [0.717, 1.165) is 50.2 Å². The van der Waals surface area contributed by atoms with E-state index in [4.69, 9.17) is 14.4 Å². The highest BCUT2D eigenvalue weighted by molar-refractivity contribution is 6.08. The van der Waals surface area contributed by atoms with Gasteiger partial charge in [0.2, 0.25) is 5.71 Å². The molecule has 0 atom stereocenters. The molecule has 7 rings (SSSR count). The molecule has 0 unspecified atom stereocenters. The zero-order chi connectivity index (χ0) is 24.9. The molecule has 0 aliphatic carbocycles. The van der Waals surface area contributed by atoms with Crippen LogP contribution in [0.5, 0.6) is 0 Å². The number of nitrogens with zero attached hydrogens (tertiary/aromatic N) is 3. The van der Waals surface area contributed by atoms with Crippen molar-refractivity contribution in [1.82, 2.24) is 14.5 Å². The minimum absolute atomic E-state index is 0.333. The van der Waals surface area contributed by atoms with Gasteiger partial charge in [-0.15, -0.1) is 0 Å². The fraction of sp³-hybridized carbons (Fsp3) is 0.0909. The average molecular weight is 480 g/mol. The minimum atomic E-state index is 0.333. The summed E-state index contributed by atoms with van der Waals surface area (Å²) in [6.45, 7) is 4.29. The molecule has 7 aromatic rings. The van der Waals surface area contributed by atoms with Crippen molar-refractivity contribution in [3.05, 3.63) is 115 Å². The van der Waals surface area contributed by atoms with Crippen molar-refractivity contribution in [2.24, 2.45) is 0 Å². The van der Waals surface area contributed by atoms with Gasteiger partial charge in [0.25, 0.3) is 0 Å². The number of imidazole rings is 1. The van der Waals surface area contributed by atoms with Gasteiger partial charge < -0.3 is 4.42 Å². The van der Waals surface area contributed by atoms with Gasteiger partial charge >= 0.3 is 0 Å². The fourth-order valence-corrected chi connectivity index (χ4v) is 5.09. The van der Waals surface area contributed by atoms with E-state index in [-0.39, 0.29) is 0 Å². The number of rotatable bonds is 4. The molecule has 37 heavy (non-hydrogen) atoms. The van der Waals surface area contributed by atoms with Crippen LogP contribution in [0.4, 0.5) is 0 Å². The first kappa shape index (κ1) is 21.6. The van der Waals surface area contributed by atoms with Crippen molar-refractivity contribution >= 4 is 33.1 Å². The van der Waals surface area contributed by atoms with Crippen molar-refractivity contribution in [1.29, 1.82) is 0 Å². The number of aromatic nitrogens is 3. The largest absolute Gasteiger partial charge is 0.437 e. The lowest BCUT2D eigenvalue weighted by atomic mass is 10.1. The van der Waals surface area contributed by atoms with E-state index in [0.29, 0.717) is 11.6 Å². The van der Waals surface area contributed by atoms with Crippen LogP contribution in [0, 0.1) is 0 Å². The van der Waals surface area contributed by atoms with Gasteiger partial charge in [0, 0.05) is 22.2 Å². The summed E-state index contributed by atoms with van der Waals surface area (Å²) in [6, 6.07) is 37.8. The summed E-state index contributed by atoms with van der Waals surface area (Å²) in [5.41, 5.74) is 8.88. The molecular formula is C33H25N3O. The number of benzene rings is 4. The first-order chi connectivity index (χ1) is 18.2. The Morgan fingerprint density at radius 1 is 0.649 bits per heavy atom. The number of para-hydroxylation sites is 3. The molecule has 0 radical (unpaired) electrons. The first-order valence-corrected chi connectivity index (χ1v) is 12.6. The van der Waals surface area contributed by atoms with Crippen molar-refractivity contribution in [3.8, 4) is 28.2 Å². The predicted molar refractivity (Wildman–Crippen MR) is 151 cm³/mol. The van der Waals surface area contributed by atoms with Gasteiger partial charge in [-0.25, -0.2) is 9.97 Å². The molecule has 4 aromatic carbocycles. The Labute approximate surface area is 214 Å². The van der Waals surface area contributed by atoms with Crippen molar-refractivity contribution < 1.29 is 4.42 Å². The highest BCUT2D eigenvalue weighted by Crippen LogP contribution is 2.38. The Morgan fingerprint density at radius 3 is 2.22 bits per heavy atom. The maximum Gasteiger partial charge on any atom is 0.227 e. The van der Waals surface area contributed by atoms with E-state index >= 15 is 0 Å². The standard InChI is InChI=1S/C33H25N3O/c1-21(2)28-20-19-26-25-11-8-12-27(31(25)37-33(26)35-28)32-34-29-13-6-7-14-30(29)36(32)24-17-15-23(16-18-24)22-9-4-3-5-10-22/h3-21H,1-2H3. The summed E-state index contributed by atoms with van der Waals surface area (Å²) in [6.07, 6.45) is 0. The van der Waals surface area contributed by atoms with Crippen LogP contribution in [0.3, 0.4) is 0 Å². The summed E-state index contributed by atoms with van der Waals surface area (Å²) < 4.78 is 8.65. The molecule has 3 heterocycles. The van der Waals surface area contributed by atoms with Crippen LogP contribution in [0.15, 0.2) is 114 Å². The maximum absolute atomic E-state index is 6.43. The lowest BCUT2D eigenvalue weighted by molar-refractivity contribution is 0.648. The van der Waals surface area contributed by atoms with Crippen LogP contribution in [0.1, 0.15) is 25.5 Å². The average Bonchev–Trinajstić information content (AvgIpc) is 3.52. The first-order valence-electron chi connectivity index (χ1n) is 12.6. The molecule has 4 nitrogen and oxygen atoms in total. The van der Waals surface area contributed by atoms with Crippen molar-refractivity contribution in [3.63, 3.8) is 0 Å². The summed E-state index contributed by atoms with van der Waals surface area (Å²) in [7, 11) is 0. The maximum atomic E-state index is 6.43. The van der Waals surface area contributed by atoms with Crippen LogP contribution >= 0.6 is 0 Å². The molecule has 0 saturated carbocycles. The van der Waals surface area contributed by atoms with E-state index in [9.17, 15) is 0 Å². The Hall–Kier alpha value is -4.70. The summed E-state index contributed by atoms with van der Waals surface area (Å²) in [5.74, 6) is 1.18. The molecule has 0 saturated heterocycles. The van der Waals surface area contributed by atoms with Crippen LogP contribution in [0.2, 0.25) is 0 Å². The molecule has 0 aliphatic heterocycles. The zero-order valence-corrected chi connectivity index (χ0v) is 20.7. The summed E-state index contributed by atoms with van der Waals surface area (Å²) >= 11 is 0. The van der Waals surface area contributed by atoms with Gasteiger partial charge in [0.05, 0.1) is 16.6 Å². The molecule has 178 valence electrons. The molecule has 3 aromatic heterocycles. The Morgan fingerprint density at radius 2 is 1.41 bits per heavy atom. The van der Waals surface area contributed by atoms with Gasteiger partial charge in [-0.3, -0.25) is 4.57 Å². The van der Waals surface area contributed by atoms with Crippen LogP contribution in [-0.4, -0.2) is 14.5 Å². The van der Waals surface area contributed by atoms with E-state index in [1.807, 2.05) is 12.1 Å². The highest BCUT2D eigenvalue weighted by Gasteiger charge is 2.20. The number of furan rings is 1. The third kappa shape index (κ3) is 3.53. The molecule has 0 N–H and O–H groups in total. The van der Waals surface area contributed by atoms with Crippen molar-refractivity contribution in [2.75, 3.05) is 0 Å².